The lowest BCUT2D eigenvalue weighted by atomic mass is 12.8. The van der Waals surface area contributed by atoms with Crippen molar-refractivity contribution < 1.29 is 20.3 Å². The van der Waals surface area contributed by atoms with E-state index < -0.39 is 0 Å². The molecule has 0 aromatic heterocycles. The van der Waals surface area contributed by atoms with Crippen LogP contribution in [0.15, 0.2) is 0 Å². The summed E-state index contributed by atoms with van der Waals surface area (Å²) in [6, 6.07) is 0. The van der Waals surface area contributed by atoms with Gasteiger partial charge in [-0.2, -0.15) is 10.8 Å². The van der Waals surface area contributed by atoms with Gasteiger partial charge in [0.2, 0.25) is 0 Å². The lowest BCUT2D eigenvalue weighted by Crippen LogP contribution is -2.29. The molecule has 0 saturated heterocycles. The van der Waals surface area contributed by atoms with Gasteiger partial charge in [-0.1, -0.05) is 5.64 Å². The molecule has 0 saturated carbocycles. The molecule has 0 radical (unpaired) electrons. The van der Waals surface area contributed by atoms with E-state index in [1.165, 1.54) is 0 Å². The maximum atomic E-state index is 7.90. The second-order valence-electron chi connectivity index (χ2n) is 0.526. The van der Waals surface area contributed by atoms with Crippen LogP contribution in [0.4, 0.5) is 0 Å². The highest BCUT2D eigenvalue weighted by Gasteiger charge is 1.92. The zero-order chi connectivity index (χ0) is 5.70. The smallest absolute Gasteiger partial charge is 0.112 e. The van der Waals surface area contributed by atoms with Crippen LogP contribution in [0.1, 0.15) is 0 Å². The van der Waals surface area contributed by atoms with E-state index in [2.05, 4.69) is 15.8 Å². The van der Waals surface area contributed by atoms with Crippen molar-refractivity contribution in [3.63, 3.8) is 0 Å². The molecule has 0 spiro atoms. The number of nitrogens with zero attached hydrogens (tertiary/aromatic N) is 1. The van der Waals surface area contributed by atoms with Crippen LogP contribution in [0.5, 0.6) is 0 Å². The number of nitrogens with two attached hydrogens (primary N) is 1. The summed E-state index contributed by atoms with van der Waals surface area (Å²) in [5.41, 5.74) is 1.09. The molecular formula is H5N3O4. The molecule has 0 unspecified atom stereocenters. The molecule has 0 fully saturated rings. The minimum Gasteiger partial charge on any atom is -0.290 e. The first kappa shape index (κ1) is 6.72. The Balaban J connectivity index is 2.83. The topological polar surface area (TPSA) is 100 Å². The summed E-state index contributed by atoms with van der Waals surface area (Å²) in [5.74, 6) is 4.26. The van der Waals surface area contributed by atoms with E-state index in [0.29, 0.717) is 0 Å². The molecule has 7 nitrogen and oxygen atoms in total. The van der Waals surface area contributed by atoms with Gasteiger partial charge in [-0.3, -0.25) is 10.4 Å². The summed E-state index contributed by atoms with van der Waals surface area (Å²) in [6.45, 7) is 0. The van der Waals surface area contributed by atoms with E-state index in [0.717, 1.165) is 5.64 Å². The van der Waals surface area contributed by atoms with Crippen molar-refractivity contribution in [1.29, 1.82) is 0 Å². The van der Waals surface area contributed by atoms with E-state index in [9.17, 15) is 0 Å². The molecule has 5 N–H and O–H groups in total. The fraction of sp³-hybridized carbons (Fsp3) is 0. The molecule has 0 aromatic rings. The van der Waals surface area contributed by atoms with Crippen LogP contribution in [0.25, 0.3) is 0 Å². The molecule has 44 valence electrons. The monoisotopic (exact) mass is 111 g/mol. The number of rotatable bonds is 3. The van der Waals surface area contributed by atoms with Gasteiger partial charge in [0.1, 0.15) is 5.39 Å². The molecule has 0 aliphatic heterocycles. The number of hydrogen-bond donors (Lipinski definition) is 4. The van der Waals surface area contributed by atoms with Gasteiger partial charge >= 0.3 is 0 Å². The summed E-state index contributed by atoms with van der Waals surface area (Å²) in [5, 5.41) is 15.2. The lowest BCUT2D eigenvalue weighted by molar-refractivity contribution is -0.550. The second kappa shape index (κ2) is 3.89. The van der Waals surface area contributed by atoms with Crippen LogP contribution >= 0.6 is 0 Å². The molecule has 0 amide bonds. The molecule has 0 bridgehead atoms. The zero-order valence-corrected chi connectivity index (χ0v) is 3.24. The van der Waals surface area contributed by atoms with Gasteiger partial charge in [0, 0.05) is 0 Å². The van der Waals surface area contributed by atoms with E-state index in [-0.39, 0.29) is 5.39 Å². The predicted molar refractivity (Wildman–Crippen MR) is 14.9 cm³/mol. The SMILES string of the molecule is NON(O)ONO. The van der Waals surface area contributed by atoms with Gasteiger partial charge in [0.05, 0.1) is 0 Å². The van der Waals surface area contributed by atoms with Gasteiger partial charge in [-0.05, 0) is 0 Å². The third-order valence-corrected chi connectivity index (χ3v) is 0.209. The highest BCUT2D eigenvalue weighted by molar-refractivity contribution is 3.53. The second-order valence-corrected chi connectivity index (χ2v) is 0.526. The summed E-state index contributed by atoms with van der Waals surface area (Å²) < 4.78 is 0. The van der Waals surface area contributed by atoms with Crippen LogP contribution in [0.3, 0.4) is 0 Å². The van der Waals surface area contributed by atoms with Crippen molar-refractivity contribution in [2.75, 3.05) is 0 Å². The summed E-state index contributed by atoms with van der Waals surface area (Å²) in [7, 11) is 0. The first-order chi connectivity index (χ1) is 3.31. The average Bonchev–Trinajstić information content (AvgIpc) is 1.68. The number of nitrogens with one attached hydrogen (secondary N) is 1. The fourth-order valence-corrected chi connectivity index (χ4v) is 0.0564. The number of hydrogen-bond acceptors (Lipinski definition) is 7. The normalized spacial score (nSPS) is 10.3. The lowest BCUT2D eigenvalue weighted by Gasteiger charge is -2.04. The molecule has 0 heterocycles. The van der Waals surface area contributed by atoms with E-state index in [1.807, 2.05) is 0 Å². The maximum absolute atomic E-state index is 7.90. The zero-order valence-electron chi connectivity index (χ0n) is 3.24. The van der Waals surface area contributed by atoms with Crippen molar-refractivity contribution in [2.45, 2.75) is 0 Å². The Hall–Kier alpha value is -0.280. The molecule has 0 atom stereocenters. The van der Waals surface area contributed by atoms with Gasteiger partial charge in [0.15, 0.2) is 0 Å². The Bertz CT molecular complexity index is 37.9. The summed E-state index contributed by atoms with van der Waals surface area (Å²) >= 11 is 0. The van der Waals surface area contributed by atoms with Crippen LogP contribution in [0.2, 0.25) is 0 Å². The summed E-state index contributed by atoms with van der Waals surface area (Å²) in [6.07, 6.45) is 0. The van der Waals surface area contributed by atoms with Crippen molar-refractivity contribution >= 4 is 0 Å². The Morgan fingerprint density at radius 2 is 2.29 bits per heavy atom. The van der Waals surface area contributed by atoms with Crippen LogP contribution in [-0.2, 0) is 9.88 Å². The van der Waals surface area contributed by atoms with Gasteiger partial charge in [0.25, 0.3) is 0 Å². The predicted octanol–water partition coefficient (Wildman–Crippen LogP) is -1.69. The third-order valence-electron chi connectivity index (χ3n) is 0.209. The maximum Gasteiger partial charge on any atom is 0.112 e. The van der Waals surface area contributed by atoms with Crippen molar-refractivity contribution in [3.8, 4) is 0 Å². The highest BCUT2D eigenvalue weighted by atomic mass is 17.2. The van der Waals surface area contributed by atoms with Gasteiger partial charge in [-0.15, -0.1) is 4.94 Å². The minimum atomic E-state index is -0.278. The first-order valence-corrected chi connectivity index (χ1v) is 1.23. The Kier molecular flexibility index (Phi) is 3.74. The van der Waals surface area contributed by atoms with Crippen molar-refractivity contribution in [3.05, 3.63) is 0 Å². The molecule has 0 aliphatic rings. The highest BCUT2D eigenvalue weighted by Crippen LogP contribution is 1.70. The van der Waals surface area contributed by atoms with E-state index in [1.54, 1.807) is 0 Å². The van der Waals surface area contributed by atoms with E-state index in [4.69, 9.17) is 10.4 Å². The minimum absolute atomic E-state index is 0.278. The largest absolute Gasteiger partial charge is 0.290 e. The molecule has 7 heteroatoms. The molecule has 0 rings (SSSR count). The van der Waals surface area contributed by atoms with Crippen LogP contribution in [0, 0.1) is 0 Å². The first-order valence-electron chi connectivity index (χ1n) is 1.23. The Morgan fingerprint density at radius 1 is 1.71 bits per heavy atom. The molecule has 0 aliphatic carbocycles. The Morgan fingerprint density at radius 3 is 2.43 bits per heavy atom. The van der Waals surface area contributed by atoms with Gasteiger partial charge in [-0.25, -0.2) is 0 Å². The fourth-order valence-electron chi connectivity index (χ4n) is 0.0564. The van der Waals surface area contributed by atoms with Crippen molar-refractivity contribution in [2.24, 2.45) is 5.90 Å². The van der Waals surface area contributed by atoms with Crippen molar-refractivity contribution in [1.82, 2.24) is 11.0 Å². The summed E-state index contributed by atoms with van der Waals surface area (Å²) in [4.78, 5) is 6.97. The standard InChI is InChI=1S/H5N3O4/c1-6-3(5)7-2-4/h2,4-5H,1H2. The Labute approximate surface area is 38.6 Å². The van der Waals surface area contributed by atoms with E-state index >= 15 is 0 Å². The average molecular weight is 111 g/mol. The third kappa shape index (κ3) is 3.55. The molecular weight excluding hydrogens is 106 g/mol. The quantitative estimate of drug-likeness (QED) is 0.322. The molecule has 0 aromatic carbocycles. The van der Waals surface area contributed by atoms with Crippen LogP contribution < -0.4 is 11.5 Å². The van der Waals surface area contributed by atoms with Gasteiger partial charge < -0.3 is 0 Å². The van der Waals surface area contributed by atoms with Crippen LogP contribution in [-0.4, -0.2) is 15.8 Å². The molecule has 7 heavy (non-hydrogen) atoms.